The number of ether oxygens (including phenoxy) is 5. The lowest BCUT2D eigenvalue weighted by Crippen LogP contribution is -2.21. The van der Waals surface area contributed by atoms with Gasteiger partial charge in [0, 0.05) is 16.7 Å². The number of fused-ring (bicyclic) bond motifs is 2. The van der Waals surface area contributed by atoms with Crippen LogP contribution in [0.15, 0.2) is 60.0 Å². The fourth-order valence-corrected chi connectivity index (χ4v) is 4.99. The molecule has 0 amide bonds. The largest absolute Gasteiger partial charge is 0.490 e. The Balaban J connectivity index is 1.56. The summed E-state index contributed by atoms with van der Waals surface area (Å²) < 4.78 is 29.8. The van der Waals surface area contributed by atoms with Gasteiger partial charge in [-0.05, 0) is 71.0 Å². The summed E-state index contributed by atoms with van der Waals surface area (Å²) >= 11 is 8.21. The van der Waals surface area contributed by atoms with Gasteiger partial charge < -0.3 is 29.4 Å². The van der Waals surface area contributed by atoms with Crippen LogP contribution in [-0.2, 0) is 6.61 Å². The van der Waals surface area contributed by atoms with Crippen LogP contribution in [0.1, 0.15) is 29.5 Å². The quantitative estimate of drug-likeness (QED) is 0.353. The van der Waals surface area contributed by atoms with Gasteiger partial charge in [0.1, 0.15) is 24.0 Å². The Labute approximate surface area is 221 Å². The van der Waals surface area contributed by atoms with Crippen molar-refractivity contribution in [1.29, 1.82) is 5.26 Å². The fraction of sp³-hybridized carbons (Fsp3) is 0.192. The van der Waals surface area contributed by atoms with Gasteiger partial charge in [0.2, 0.25) is 12.7 Å². The van der Waals surface area contributed by atoms with E-state index >= 15 is 0 Å². The molecular formula is C26H20ClIN2O5. The molecule has 0 bridgehead atoms. The number of halogens is 2. The molecule has 5 rings (SSSR count). The molecule has 0 aliphatic carbocycles. The maximum absolute atomic E-state index is 9.95. The molecule has 0 radical (unpaired) electrons. The second-order valence-electron chi connectivity index (χ2n) is 7.85. The van der Waals surface area contributed by atoms with Gasteiger partial charge in [-0.2, -0.15) is 5.26 Å². The molecule has 9 heteroatoms. The van der Waals surface area contributed by atoms with E-state index in [9.17, 15) is 5.26 Å². The van der Waals surface area contributed by atoms with Gasteiger partial charge in [-0.1, -0.05) is 23.7 Å². The summed E-state index contributed by atoms with van der Waals surface area (Å²) in [5, 5.41) is 10.6. The zero-order valence-corrected chi connectivity index (χ0v) is 21.6. The summed E-state index contributed by atoms with van der Waals surface area (Å²) in [7, 11) is 0. The SMILES string of the molecule is CCOc1cc([C@H]2C(C#N)=C(N)Oc3cc4c(cc32)OCO4)cc(I)c1OCc1ccc(Cl)cc1. The highest BCUT2D eigenvalue weighted by molar-refractivity contribution is 14.1. The predicted octanol–water partition coefficient (Wildman–Crippen LogP) is 5.87. The van der Waals surface area contributed by atoms with E-state index in [1.165, 1.54) is 0 Å². The van der Waals surface area contributed by atoms with Crippen LogP contribution in [-0.4, -0.2) is 13.4 Å². The summed E-state index contributed by atoms with van der Waals surface area (Å²) in [6.07, 6.45) is 0. The monoisotopic (exact) mass is 602 g/mol. The van der Waals surface area contributed by atoms with Crippen LogP contribution in [0.5, 0.6) is 28.7 Å². The van der Waals surface area contributed by atoms with E-state index in [4.69, 9.17) is 41.0 Å². The van der Waals surface area contributed by atoms with E-state index in [1.54, 1.807) is 6.07 Å². The fourth-order valence-electron chi connectivity index (χ4n) is 4.08. The summed E-state index contributed by atoms with van der Waals surface area (Å²) in [6, 6.07) is 17.1. The summed E-state index contributed by atoms with van der Waals surface area (Å²) in [6.45, 7) is 2.84. The highest BCUT2D eigenvalue weighted by Crippen LogP contribution is 2.49. The molecule has 0 saturated carbocycles. The Bertz CT molecular complexity index is 1370. The molecule has 0 spiro atoms. The van der Waals surface area contributed by atoms with Crippen LogP contribution in [0.25, 0.3) is 0 Å². The predicted molar refractivity (Wildman–Crippen MR) is 138 cm³/mol. The molecule has 2 heterocycles. The molecule has 7 nitrogen and oxygen atoms in total. The van der Waals surface area contributed by atoms with Crippen LogP contribution in [0.4, 0.5) is 0 Å². The Morgan fingerprint density at radius 1 is 1.09 bits per heavy atom. The number of hydrogen-bond donors (Lipinski definition) is 1. The normalized spacial score (nSPS) is 15.8. The Kier molecular flexibility index (Phi) is 6.54. The smallest absolute Gasteiger partial charge is 0.231 e. The van der Waals surface area contributed by atoms with Gasteiger partial charge in [-0.3, -0.25) is 0 Å². The average Bonchev–Trinajstić information content (AvgIpc) is 3.30. The van der Waals surface area contributed by atoms with Gasteiger partial charge in [0.25, 0.3) is 0 Å². The van der Waals surface area contributed by atoms with Crippen LogP contribution in [0.2, 0.25) is 5.02 Å². The molecular weight excluding hydrogens is 583 g/mol. The van der Waals surface area contributed by atoms with Crippen molar-refractivity contribution in [2.75, 3.05) is 13.4 Å². The number of allylic oxidation sites excluding steroid dienone is 1. The molecule has 1 atom stereocenters. The molecule has 35 heavy (non-hydrogen) atoms. The summed E-state index contributed by atoms with van der Waals surface area (Å²) in [5.41, 5.74) is 9.03. The molecule has 0 saturated heterocycles. The molecule has 0 fully saturated rings. The van der Waals surface area contributed by atoms with Crippen molar-refractivity contribution >= 4 is 34.2 Å². The second kappa shape index (κ2) is 9.76. The molecule has 2 N–H and O–H groups in total. The van der Waals surface area contributed by atoms with Gasteiger partial charge in [-0.15, -0.1) is 0 Å². The molecule has 2 aliphatic heterocycles. The number of benzene rings is 3. The van der Waals surface area contributed by atoms with Crippen molar-refractivity contribution in [2.45, 2.75) is 19.4 Å². The van der Waals surface area contributed by atoms with Crippen molar-refractivity contribution in [2.24, 2.45) is 5.73 Å². The Hall–Kier alpha value is -3.29. The van der Waals surface area contributed by atoms with Crippen molar-refractivity contribution in [3.8, 4) is 34.8 Å². The maximum atomic E-state index is 9.95. The Morgan fingerprint density at radius 2 is 1.83 bits per heavy atom. The van der Waals surface area contributed by atoms with Crippen molar-refractivity contribution in [1.82, 2.24) is 0 Å². The van der Waals surface area contributed by atoms with Crippen LogP contribution < -0.4 is 29.4 Å². The summed E-state index contributed by atoms with van der Waals surface area (Å²) in [5.74, 6) is 2.47. The van der Waals surface area contributed by atoms with Crippen molar-refractivity contribution < 1.29 is 23.7 Å². The third kappa shape index (κ3) is 4.54. The van der Waals surface area contributed by atoms with Crippen LogP contribution in [0.3, 0.4) is 0 Å². The average molecular weight is 603 g/mol. The Morgan fingerprint density at radius 3 is 2.54 bits per heavy atom. The number of hydrogen-bond acceptors (Lipinski definition) is 7. The van der Waals surface area contributed by atoms with E-state index in [0.29, 0.717) is 52.6 Å². The summed E-state index contributed by atoms with van der Waals surface area (Å²) in [4.78, 5) is 0. The van der Waals surface area contributed by atoms with Gasteiger partial charge in [0.15, 0.2) is 23.0 Å². The number of nitriles is 1. The first kappa shape index (κ1) is 23.5. The van der Waals surface area contributed by atoms with Gasteiger partial charge in [-0.25, -0.2) is 0 Å². The van der Waals surface area contributed by atoms with E-state index in [-0.39, 0.29) is 12.7 Å². The minimum Gasteiger partial charge on any atom is -0.490 e. The first-order valence-electron chi connectivity index (χ1n) is 10.8. The zero-order valence-electron chi connectivity index (χ0n) is 18.6. The highest BCUT2D eigenvalue weighted by Gasteiger charge is 2.34. The highest BCUT2D eigenvalue weighted by atomic mass is 127. The minimum atomic E-state index is -0.476. The minimum absolute atomic E-state index is 0.0555. The standard InChI is InChI=1S/C26H20ClIN2O5/c1-2-31-23-8-15(7-19(28)25(23)32-12-14-3-5-16(27)6-4-14)24-17-9-21-22(34-13-33-21)10-20(17)35-26(30)18(24)11-29/h3-10,24H,2,12-13,30H2,1H3/t24-/m1/s1. The van der Waals surface area contributed by atoms with Crippen LogP contribution in [0, 0.1) is 14.9 Å². The number of nitrogens with two attached hydrogens (primary N) is 1. The van der Waals surface area contributed by atoms with Crippen molar-refractivity contribution in [3.63, 3.8) is 0 Å². The maximum Gasteiger partial charge on any atom is 0.231 e. The zero-order chi connectivity index (χ0) is 24.5. The lowest BCUT2D eigenvalue weighted by molar-refractivity contribution is 0.174. The van der Waals surface area contributed by atoms with E-state index in [1.807, 2.05) is 49.4 Å². The van der Waals surface area contributed by atoms with E-state index in [2.05, 4.69) is 28.7 Å². The van der Waals surface area contributed by atoms with Crippen LogP contribution >= 0.6 is 34.2 Å². The lowest BCUT2D eigenvalue weighted by Gasteiger charge is -2.27. The first-order chi connectivity index (χ1) is 17.0. The van der Waals surface area contributed by atoms with Crippen molar-refractivity contribution in [3.05, 3.63) is 85.3 Å². The third-order valence-electron chi connectivity index (χ3n) is 5.67. The third-order valence-corrected chi connectivity index (χ3v) is 6.73. The molecule has 2 aliphatic rings. The van der Waals surface area contributed by atoms with E-state index in [0.717, 1.165) is 20.3 Å². The molecule has 0 aromatic heterocycles. The topological polar surface area (TPSA) is 96.0 Å². The number of rotatable bonds is 6. The molecule has 178 valence electrons. The van der Waals surface area contributed by atoms with E-state index < -0.39 is 5.92 Å². The molecule has 0 unspecified atom stereocenters. The first-order valence-corrected chi connectivity index (χ1v) is 12.3. The molecule has 3 aromatic carbocycles. The lowest BCUT2D eigenvalue weighted by atomic mass is 9.83. The second-order valence-corrected chi connectivity index (χ2v) is 9.44. The molecule has 3 aromatic rings. The van der Waals surface area contributed by atoms with Gasteiger partial charge in [0.05, 0.1) is 16.1 Å². The number of nitrogens with zero attached hydrogens (tertiary/aromatic N) is 1. The van der Waals surface area contributed by atoms with Gasteiger partial charge >= 0.3 is 0 Å².